The Kier molecular flexibility index (Phi) is 5.30. The van der Waals surface area contributed by atoms with Crippen molar-refractivity contribution in [2.75, 3.05) is 18.4 Å². The van der Waals surface area contributed by atoms with E-state index in [-0.39, 0.29) is 11.9 Å². The van der Waals surface area contributed by atoms with Crippen molar-refractivity contribution in [2.24, 2.45) is 0 Å². The molecule has 0 radical (unpaired) electrons. The van der Waals surface area contributed by atoms with E-state index in [0.29, 0.717) is 0 Å². The third kappa shape index (κ3) is 3.67. The highest BCUT2D eigenvalue weighted by atomic mass is 16.2. The summed E-state index contributed by atoms with van der Waals surface area (Å²) in [7, 11) is 0. The summed E-state index contributed by atoms with van der Waals surface area (Å²) >= 11 is 0. The topological polar surface area (TPSA) is 50.2 Å². The van der Waals surface area contributed by atoms with Crippen LogP contribution in [0, 0.1) is 6.92 Å². The molecule has 2 aromatic rings. The van der Waals surface area contributed by atoms with Gasteiger partial charge >= 0.3 is 0 Å². The zero-order valence-electron chi connectivity index (χ0n) is 14.5. The van der Waals surface area contributed by atoms with Gasteiger partial charge in [0, 0.05) is 17.6 Å². The molecule has 1 atom stereocenters. The van der Waals surface area contributed by atoms with E-state index in [4.69, 9.17) is 0 Å². The van der Waals surface area contributed by atoms with E-state index >= 15 is 0 Å². The van der Waals surface area contributed by atoms with Crippen molar-refractivity contribution in [3.63, 3.8) is 0 Å². The number of benzene rings is 1. The van der Waals surface area contributed by atoms with Crippen LogP contribution in [0.2, 0.25) is 0 Å². The molecule has 1 fully saturated rings. The van der Waals surface area contributed by atoms with Crippen LogP contribution >= 0.6 is 0 Å². The first-order chi connectivity index (χ1) is 11.7. The smallest absolute Gasteiger partial charge is 0.241 e. The zero-order chi connectivity index (χ0) is 16.9. The molecule has 5 heteroatoms. The molecule has 1 aliphatic heterocycles. The van der Waals surface area contributed by atoms with Gasteiger partial charge < -0.3 is 5.32 Å². The van der Waals surface area contributed by atoms with Gasteiger partial charge in [0.05, 0.1) is 11.7 Å². The number of hydrogen-bond acceptors (Lipinski definition) is 3. The second-order valence-electron chi connectivity index (χ2n) is 6.47. The van der Waals surface area contributed by atoms with E-state index in [2.05, 4.69) is 22.2 Å². The van der Waals surface area contributed by atoms with Crippen LogP contribution in [0.5, 0.6) is 0 Å². The van der Waals surface area contributed by atoms with Gasteiger partial charge in [-0.2, -0.15) is 5.10 Å². The average molecular weight is 326 g/mol. The Morgan fingerprint density at radius 3 is 2.96 bits per heavy atom. The van der Waals surface area contributed by atoms with Crippen molar-refractivity contribution in [3.05, 3.63) is 42.2 Å². The van der Waals surface area contributed by atoms with Crippen LogP contribution in [0.25, 0.3) is 5.69 Å². The van der Waals surface area contributed by atoms with Gasteiger partial charge in [0.2, 0.25) is 5.91 Å². The number of rotatable bonds is 5. The Bertz CT molecular complexity index is 692. The summed E-state index contributed by atoms with van der Waals surface area (Å²) in [6.45, 7) is 6.20. The molecule has 0 spiro atoms. The van der Waals surface area contributed by atoms with Crippen molar-refractivity contribution in [1.82, 2.24) is 14.7 Å². The molecule has 128 valence electrons. The number of aromatic nitrogens is 2. The standard InChI is InChI=1S/C19H26N4O/c1-3-12-22-13-5-4-9-18(22)19(24)21-16-7-6-8-17(14-16)23-15(2)10-11-20-23/h6-8,10-11,14,18H,3-5,9,12-13H2,1-2H3,(H,21,24). The van der Waals surface area contributed by atoms with Gasteiger partial charge in [0.1, 0.15) is 0 Å². The number of nitrogens with zero attached hydrogens (tertiary/aromatic N) is 3. The molecule has 1 aromatic carbocycles. The van der Waals surface area contributed by atoms with Crippen molar-refractivity contribution in [2.45, 2.75) is 45.6 Å². The van der Waals surface area contributed by atoms with Gasteiger partial charge in [0.25, 0.3) is 0 Å². The van der Waals surface area contributed by atoms with Crippen molar-refractivity contribution < 1.29 is 4.79 Å². The molecule has 1 amide bonds. The molecule has 5 nitrogen and oxygen atoms in total. The molecule has 0 aliphatic carbocycles. The fourth-order valence-corrected chi connectivity index (χ4v) is 3.42. The first-order valence-electron chi connectivity index (χ1n) is 8.85. The summed E-state index contributed by atoms with van der Waals surface area (Å²) in [5, 5.41) is 7.43. The highest BCUT2D eigenvalue weighted by Crippen LogP contribution is 2.20. The molecule has 0 saturated carbocycles. The Hall–Kier alpha value is -2.14. The Balaban J connectivity index is 1.73. The summed E-state index contributed by atoms with van der Waals surface area (Å²) in [5.41, 5.74) is 2.86. The number of carbonyl (C=O) groups excluding carboxylic acids is 1. The van der Waals surface area contributed by atoms with Crippen molar-refractivity contribution >= 4 is 11.6 Å². The quantitative estimate of drug-likeness (QED) is 0.916. The Morgan fingerprint density at radius 2 is 2.21 bits per heavy atom. The van der Waals surface area contributed by atoms with Crippen LogP contribution in [0.4, 0.5) is 5.69 Å². The number of carbonyl (C=O) groups is 1. The number of hydrogen-bond donors (Lipinski definition) is 1. The third-order valence-electron chi connectivity index (χ3n) is 4.62. The second kappa shape index (κ2) is 7.62. The van der Waals surface area contributed by atoms with E-state index in [0.717, 1.165) is 49.4 Å². The third-order valence-corrected chi connectivity index (χ3v) is 4.62. The Labute approximate surface area is 143 Å². The lowest BCUT2D eigenvalue weighted by Gasteiger charge is -2.34. The summed E-state index contributed by atoms with van der Waals surface area (Å²) in [5.74, 6) is 0.109. The van der Waals surface area contributed by atoms with Crippen LogP contribution in [-0.4, -0.2) is 39.7 Å². The van der Waals surface area contributed by atoms with Crippen LogP contribution in [0.15, 0.2) is 36.5 Å². The average Bonchev–Trinajstić information content (AvgIpc) is 3.02. The van der Waals surface area contributed by atoms with Crippen LogP contribution < -0.4 is 5.32 Å². The van der Waals surface area contributed by atoms with Crippen LogP contribution in [0.1, 0.15) is 38.3 Å². The highest BCUT2D eigenvalue weighted by Gasteiger charge is 2.27. The summed E-state index contributed by atoms with van der Waals surface area (Å²) in [4.78, 5) is 15.1. The lowest BCUT2D eigenvalue weighted by molar-refractivity contribution is -0.122. The van der Waals surface area contributed by atoms with Crippen LogP contribution in [-0.2, 0) is 4.79 Å². The number of nitrogens with one attached hydrogen (secondary N) is 1. The predicted octanol–water partition coefficient (Wildman–Crippen LogP) is 3.38. The minimum Gasteiger partial charge on any atom is -0.325 e. The van der Waals surface area contributed by atoms with Crippen molar-refractivity contribution in [1.29, 1.82) is 0 Å². The van der Waals surface area contributed by atoms with Gasteiger partial charge in [-0.05, 0) is 63.5 Å². The van der Waals surface area contributed by atoms with E-state index in [1.807, 2.05) is 41.9 Å². The summed E-state index contributed by atoms with van der Waals surface area (Å²) in [6.07, 6.45) is 6.13. The van der Waals surface area contributed by atoms with Gasteiger partial charge in [-0.15, -0.1) is 0 Å². The summed E-state index contributed by atoms with van der Waals surface area (Å²) in [6, 6.07) is 9.83. The lowest BCUT2D eigenvalue weighted by Crippen LogP contribution is -2.47. The van der Waals surface area contributed by atoms with E-state index < -0.39 is 0 Å². The monoisotopic (exact) mass is 326 g/mol. The van der Waals surface area contributed by atoms with Gasteiger partial charge in [-0.3, -0.25) is 9.69 Å². The van der Waals surface area contributed by atoms with E-state index in [1.54, 1.807) is 6.20 Å². The minimum atomic E-state index is -0.00574. The van der Waals surface area contributed by atoms with Crippen molar-refractivity contribution in [3.8, 4) is 5.69 Å². The second-order valence-corrected chi connectivity index (χ2v) is 6.47. The number of amides is 1. The normalized spacial score (nSPS) is 18.5. The summed E-state index contributed by atoms with van der Waals surface area (Å²) < 4.78 is 1.87. The van der Waals surface area contributed by atoms with Gasteiger partial charge in [-0.25, -0.2) is 4.68 Å². The largest absolute Gasteiger partial charge is 0.325 e. The number of anilines is 1. The maximum Gasteiger partial charge on any atom is 0.241 e. The number of aryl methyl sites for hydroxylation is 1. The number of piperidine rings is 1. The minimum absolute atomic E-state index is 0.00574. The lowest BCUT2D eigenvalue weighted by atomic mass is 10.0. The Morgan fingerprint density at radius 1 is 1.33 bits per heavy atom. The fourth-order valence-electron chi connectivity index (χ4n) is 3.42. The zero-order valence-corrected chi connectivity index (χ0v) is 14.5. The predicted molar refractivity (Wildman–Crippen MR) is 96.4 cm³/mol. The molecule has 2 heterocycles. The molecule has 1 saturated heterocycles. The molecule has 24 heavy (non-hydrogen) atoms. The molecule has 0 bridgehead atoms. The molecule has 1 unspecified atom stereocenters. The highest BCUT2D eigenvalue weighted by molar-refractivity contribution is 5.95. The molecular formula is C19H26N4O. The van der Waals surface area contributed by atoms with E-state index in [9.17, 15) is 4.79 Å². The van der Waals surface area contributed by atoms with Gasteiger partial charge in [0.15, 0.2) is 0 Å². The maximum absolute atomic E-state index is 12.7. The maximum atomic E-state index is 12.7. The fraction of sp³-hybridized carbons (Fsp3) is 0.474. The van der Waals surface area contributed by atoms with Gasteiger partial charge in [-0.1, -0.05) is 19.4 Å². The van der Waals surface area contributed by atoms with Crippen LogP contribution in [0.3, 0.4) is 0 Å². The first-order valence-corrected chi connectivity index (χ1v) is 8.85. The molecule has 3 rings (SSSR count). The molecule has 1 aromatic heterocycles. The SMILES string of the molecule is CCCN1CCCCC1C(=O)Nc1cccc(-n2nccc2C)c1. The molecule has 1 aliphatic rings. The van der Waals surface area contributed by atoms with E-state index in [1.165, 1.54) is 6.42 Å². The molecule has 1 N–H and O–H groups in total. The molecular weight excluding hydrogens is 300 g/mol. The first kappa shape index (κ1) is 16.7. The number of likely N-dealkylation sites (tertiary alicyclic amines) is 1.